The van der Waals surface area contributed by atoms with Crippen LogP contribution in [0.15, 0.2) is 12.1 Å². The molecule has 0 atom stereocenters. The molecule has 0 aliphatic carbocycles. The second-order valence-corrected chi connectivity index (χ2v) is 4.72. The molecule has 0 bridgehead atoms. The van der Waals surface area contributed by atoms with Crippen molar-refractivity contribution in [1.82, 2.24) is 0 Å². The summed E-state index contributed by atoms with van der Waals surface area (Å²) >= 11 is 0. The van der Waals surface area contributed by atoms with Gasteiger partial charge in [-0.1, -0.05) is 6.92 Å². The molecule has 0 aromatic heterocycles. The predicted octanol–water partition coefficient (Wildman–Crippen LogP) is 2.65. The zero-order valence-corrected chi connectivity index (χ0v) is 10.4. The minimum Gasteiger partial charge on any atom is -0.495 e. The first-order valence-electron chi connectivity index (χ1n) is 5.99. The molecule has 1 fully saturated rings. The van der Waals surface area contributed by atoms with E-state index in [2.05, 4.69) is 11.8 Å². The van der Waals surface area contributed by atoms with E-state index in [1.54, 1.807) is 13.2 Å². The lowest BCUT2D eigenvalue weighted by molar-refractivity contribution is 0.413. The van der Waals surface area contributed by atoms with Gasteiger partial charge in [0.05, 0.1) is 18.5 Å². The Labute approximate surface area is 101 Å². The van der Waals surface area contributed by atoms with Crippen LogP contribution in [-0.4, -0.2) is 20.2 Å². The molecule has 0 saturated carbocycles. The molecule has 0 spiro atoms. The molecular formula is C13H19FN2O. The van der Waals surface area contributed by atoms with Gasteiger partial charge in [0, 0.05) is 25.2 Å². The van der Waals surface area contributed by atoms with Gasteiger partial charge >= 0.3 is 0 Å². The zero-order chi connectivity index (χ0) is 12.4. The third-order valence-electron chi connectivity index (χ3n) is 3.42. The van der Waals surface area contributed by atoms with Gasteiger partial charge in [0.1, 0.15) is 11.6 Å². The van der Waals surface area contributed by atoms with E-state index in [-0.39, 0.29) is 5.82 Å². The van der Waals surface area contributed by atoms with Gasteiger partial charge in [-0.25, -0.2) is 4.39 Å². The highest BCUT2D eigenvalue weighted by Crippen LogP contribution is 2.32. The molecule has 17 heavy (non-hydrogen) atoms. The van der Waals surface area contributed by atoms with Crippen molar-refractivity contribution in [3.05, 3.63) is 17.9 Å². The third-order valence-corrected chi connectivity index (χ3v) is 3.42. The molecule has 1 saturated heterocycles. The quantitative estimate of drug-likeness (QED) is 0.805. The van der Waals surface area contributed by atoms with E-state index in [1.807, 2.05) is 0 Å². The number of nitrogen functional groups attached to an aromatic ring is 1. The molecule has 3 nitrogen and oxygen atoms in total. The number of hydrogen-bond acceptors (Lipinski definition) is 3. The lowest BCUT2D eigenvalue weighted by Gasteiger charge is -2.32. The topological polar surface area (TPSA) is 38.5 Å². The summed E-state index contributed by atoms with van der Waals surface area (Å²) in [5.41, 5.74) is 6.62. The minimum atomic E-state index is -0.266. The van der Waals surface area contributed by atoms with Gasteiger partial charge < -0.3 is 15.4 Å². The van der Waals surface area contributed by atoms with Crippen LogP contribution in [0.2, 0.25) is 0 Å². The maximum Gasteiger partial charge on any atom is 0.148 e. The highest BCUT2D eigenvalue weighted by atomic mass is 19.1. The van der Waals surface area contributed by atoms with Crippen LogP contribution in [0.1, 0.15) is 19.8 Å². The molecule has 0 radical (unpaired) electrons. The third kappa shape index (κ3) is 2.46. The highest BCUT2D eigenvalue weighted by Gasteiger charge is 2.20. The lowest BCUT2D eigenvalue weighted by Crippen LogP contribution is -2.33. The van der Waals surface area contributed by atoms with Crippen LogP contribution in [0.4, 0.5) is 15.8 Å². The Hall–Kier alpha value is -1.45. The van der Waals surface area contributed by atoms with Crippen molar-refractivity contribution in [2.75, 3.05) is 30.8 Å². The number of nitrogens with two attached hydrogens (primary N) is 1. The maximum atomic E-state index is 13.9. The normalized spacial score (nSPS) is 17.2. The number of benzene rings is 1. The molecule has 2 rings (SSSR count). The second-order valence-electron chi connectivity index (χ2n) is 4.72. The summed E-state index contributed by atoms with van der Waals surface area (Å²) in [6.45, 7) is 4.02. The fraction of sp³-hybridized carbons (Fsp3) is 0.538. The molecule has 94 valence electrons. The Morgan fingerprint density at radius 3 is 2.59 bits per heavy atom. The van der Waals surface area contributed by atoms with Gasteiger partial charge in [-0.3, -0.25) is 0 Å². The smallest absolute Gasteiger partial charge is 0.148 e. The van der Waals surface area contributed by atoms with Crippen LogP contribution in [0.3, 0.4) is 0 Å². The molecule has 1 aliphatic heterocycles. The molecule has 1 heterocycles. The van der Waals surface area contributed by atoms with Crippen LogP contribution in [-0.2, 0) is 0 Å². The molecule has 0 unspecified atom stereocenters. The zero-order valence-electron chi connectivity index (χ0n) is 10.4. The van der Waals surface area contributed by atoms with Crippen LogP contribution in [0, 0.1) is 11.7 Å². The number of methoxy groups -OCH3 is 1. The summed E-state index contributed by atoms with van der Waals surface area (Å²) in [4.78, 5) is 2.07. The number of rotatable bonds is 2. The van der Waals surface area contributed by atoms with Crippen LogP contribution < -0.4 is 15.4 Å². The number of hydrogen-bond donors (Lipinski definition) is 1. The van der Waals surface area contributed by atoms with Crippen LogP contribution >= 0.6 is 0 Å². The van der Waals surface area contributed by atoms with E-state index < -0.39 is 0 Å². The fourth-order valence-corrected chi connectivity index (χ4v) is 2.23. The summed E-state index contributed by atoms with van der Waals surface area (Å²) in [5.74, 6) is 1.00. The van der Waals surface area contributed by atoms with Crippen LogP contribution in [0.25, 0.3) is 0 Å². The van der Waals surface area contributed by atoms with Gasteiger partial charge in [-0.2, -0.15) is 0 Å². The van der Waals surface area contributed by atoms with E-state index in [9.17, 15) is 4.39 Å². The van der Waals surface area contributed by atoms with E-state index in [4.69, 9.17) is 10.5 Å². The van der Waals surface area contributed by atoms with E-state index in [0.29, 0.717) is 17.1 Å². The number of halogens is 1. The van der Waals surface area contributed by atoms with Crippen LogP contribution in [0.5, 0.6) is 5.75 Å². The Bertz CT molecular complexity index is 401. The first-order valence-corrected chi connectivity index (χ1v) is 5.99. The van der Waals surface area contributed by atoms with E-state index in [1.165, 1.54) is 6.07 Å². The Morgan fingerprint density at radius 2 is 2.00 bits per heavy atom. The maximum absolute atomic E-state index is 13.9. The van der Waals surface area contributed by atoms with Gasteiger partial charge in [-0.05, 0) is 18.8 Å². The number of anilines is 2. The Kier molecular flexibility index (Phi) is 3.41. The molecule has 0 amide bonds. The number of nitrogens with zero attached hydrogens (tertiary/aromatic N) is 1. The van der Waals surface area contributed by atoms with Crippen molar-refractivity contribution in [3.63, 3.8) is 0 Å². The molecule has 1 aliphatic rings. The lowest BCUT2D eigenvalue weighted by atomic mass is 9.98. The molecule has 1 aromatic carbocycles. The molecular weight excluding hydrogens is 219 g/mol. The van der Waals surface area contributed by atoms with Crippen molar-refractivity contribution in [3.8, 4) is 5.75 Å². The molecule has 4 heteroatoms. The van der Waals surface area contributed by atoms with Crippen molar-refractivity contribution >= 4 is 11.4 Å². The second kappa shape index (κ2) is 4.82. The van der Waals surface area contributed by atoms with Crippen molar-refractivity contribution in [2.45, 2.75) is 19.8 Å². The Morgan fingerprint density at radius 1 is 1.35 bits per heavy atom. The summed E-state index contributed by atoms with van der Waals surface area (Å²) in [6, 6.07) is 3.03. The summed E-state index contributed by atoms with van der Waals surface area (Å²) in [6.07, 6.45) is 2.21. The average molecular weight is 238 g/mol. The van der Waals surface area contributed by atoms with Crippen molar-refractivity contribution < 1.29 is 9.13 Å². The van der Waals surface area contributed by atoms with Gasteiger partial charge in [-0.15, -0.1) is 0 Å². The number of ether oxygens (including phenoxy) is 1. The fourth-order valence-electron chi connectivity index (χ4n) is 2.23. The summed E-state index contributed by atoms with van der Waals surface area (Å²) in [5, 5.41) is 0. The predicted molar refractivity (Wildman–Crippen MR) is 68.0 cm³/mol. The van der Waals surface area contributed by atoms with Crippen molar-refractivity contribution in [2.24, 2.45) is 5.92 Å². The van der Waals surface area contributed by atoms with Gasteiger partial charge in [0.15, 0.2) is 0 Å². The van der Waals surface area contributed by atoms with E-state index in [0.717, 1.165) is 31.8 Å². The molecule has 1 aromatic rings. The highest BCUT2D eigenvalue weighted by molar-refractivity contribution is 5.63. The van der Waals surface area contributed by atoms with E-state index >= 15 is 0 Å². The minimum absolute atomic E-state index is 0.266. The molecule has 2 N–H and O–H groups in total. The van der Waals surface area contributed by atoms with Crippen molar-refractivity contribution in [1.29, 1.82) is 0 Å². The van der Waals surface area contributed by atoms with Gasteiger partial charge in [0.25, 0.3) is 0 Å². The first-order chi connectivity index (χ1) is 8.11. The SMILES string of the molecule is COc1cc(N2CCC(C)CC2)c(F)cc1N. The average Bonchev–Trinajstić information content (AvgIpc) is 2.31. The standard InChI is InChI=1S/C13H19FN2O/c1-9-3-5-16(6-4-9)12-8-13(17-2)11(15)7-10(12)14/h7-9H,3-6,15H2,1-2H3. The largest absolute Gasteiger partial charge is 0.495 e. The first kappa shape index (κ1) is 12.0. The summed E-state index contributed by atoms with van der Waals surface area (Å²) < 4.78 is 19.0. The monoisotopic (exact) mass is 238 g/mol. The number of piperidine rings is 1. The summed E-state index contributed by atoms with van der Waals surface area (Å²) in [7, 11) is 1.55. The Balaban J connectivity index is 2.25. The van der Waals surface area contributed by atoms with Gasteiger partial charge in [0.2, 0.25) is 0 Å².